The Morgan fingerprint density at radius 2 is 1.43 bits per heavy atom. The standard InChI is InChI=1S/C29H25NO7/c31-23(16-6-8-18(9-7-16)37-29(35)17-4-2-1-3-5-17)15-36-24(32)12-13-30-27(33)25-19-10-11-20(22-14-21(19)22)26(25)28(30)34/h1-11,19-22,25-26H,12-15H2. The minimum absolute atomic E-state index is 0.0338. The number of imide groups is 1. The van der Waals surface area contributed by atoms with E-state index in [1.165, 1.54) is 29.2 Å². The summed E-state index contributed by atoms with van der Waals surface area (Å²) in [4.78, 5) is 64.0. The van der Waals surface area contributed by atoms with Gasteiger partial charge in [-0.1, -0.05) is 30.4 Å². The van der Waals surface area contributed by atoms with Crippen LogP contribution in [0.4, 0.5) is 0 Å². The molecular formula is C29H25NO7. The van der Waals surface area contributed by atoms with Gasteiger partial charge in [0, 0.05) is 12.1 Å². The van der Waals surface area contributed by atoms with Crippen LogP contribution in [0, 0.1) is 35.5 Å². The van der Waals surface area contributed by atoms with Crippen molar-refractivity contribution in [1.29, 1.82) is 0 Å². The van der Waals surface area contributed by atoms with Crippen molar-refractivity contribution in [2.24, 2.45) is 35.5 Å². The van der Waals surface area contributed by atoms with Crippen molar-refractivity contribution in [2.45, 2.75) is 12.8 Å². The van der Waals surface area contributed by atoms with E-state index >= 15 is 0 Å². The van der Waals surface area contributed by atoms with Gasteiger partial charge in [0.2, 0.25) is 11.8 Å². The number of hydrogen-bond acceptors (Lipinski definition) is 7. The first-order valence-corrected chi connectivity index (χ1v) is 12.5. The smallest absolute Gasteiger partial charge is 0.343 e. The van der Waals surface area contributed by atoms with Gasteiger partial charge >= 0.3 is 11.9 Å². The second-order valence-electron chi connectivity index (χ2n) is 10.1. The van der Waals surface area contributed by atoms with Crippen molar-refractivity contribution in [3.05, 3.63) is 77.9 Å². The Balaban J connectivity index is 0.978. The maximum atomic E-state index is 13.0. The maximum absolute atomic E-state index is 13.0. The molecule has 2 saturated carbocycles. The molecule has 0 N–H and O–H groups in total. The Labute approximate surface area is 213 Å². The Morgan fingerprint density at radius 3 is 2.05 bits per heavy atom. The first-order valence-electron chi connectivity index (χ1n) is 12.5. The molecule has 2 bridgehead atoms. The number of hydrogen-bond donors (Lipinski definition) is 0. The number of likely N-dealkylation sites (tertiary alicyclic amines) is 1. The van der Waals surface area contributed by atoms with E-state index in [1.54, 1.807) is 30.3 Å². The number of amides is 2. The van der Waals surface area contributed by atoms with Gasteiger partial charge in [0.05, 0.1) is 23.8 Å². The quantitative estimate of drug-likeness (QED) is 0.181. The number of ketones is 1. The number of carbonyl (C=O) groups excluding carboxylic acids is 5. The van der Waals surface area contributed by atoms with Gasteiger partial charge in [0.1, 0.15) is 5.75 Å². The Kier molecular flexibility index (Phi) is 5.74. The summed E-state index contributed by atoms with van der Waals surface area (Å²) in [5.41, 5.74) is 0.703. The number of ether oxygens (including phenoxy) is 2. The zero-order valence-corrected chi connectivity index (χ0v) is 19.9. The van der Waals surface area contributed by atoms with E-state index < -0.39 is 24.3 Å². The van der Waals surface area contributed by atoms with Crippen LogP contribution in [0.5, 0.6) is 5.75 Å². The van der Waals surface area contributed by atoms with Crippen LogP contribution in [0.3, 0.4) is 0 Å². The topological polar surface area (TPSA) is 107 Å². The van der Waals surface area contributed by atoms with Gasteiger partial charge in [-0.2, -0.15) is 0 Å². The van der Waals surface area contributed by atoms with Crippen LogP contribution in [0.25, 0.3) is 0 Å². The first kappa shape index (κ1) is 23.3. The zero-order chi connectivity index (χ0) is 25.7. The summed E-state index contributed by atoms with van der Waals surface area (Å²) in [5, 5.41) is 0. The largest absolute Gasteiger partial charge is 0.457 e. The lowest BCUT2D eigenvalue weighted by Gasteiger charge is -2.37. The number of carbonyl (C=O) groups is 5. The van der Waals surface area contributed by atoms with E-state index in [2.05, 4.69) is 12.2 Å². The normalized spacial score (nSPS) is 28.5. The average Bonchev–Trinajstić information content (AvgIpc) is 3.71. The molecule has 8 nitrogen and oxygen atoms in total. The van der Waals surface area contributed by atoms with Gasteiger partial charge in [-0.15, -0.1) is 0 Å². The van der Waals surface area contributed by atoms with Gasteiger partial charge in [-0.05, 0) is 66.5 Å². The van der Waals surface area contributed by atoms with Gasteiger partial charge in [0.15, 0.2) is 12.4 Å². The van der Waals surface area contributed by atoms with Crippen LogP contribution < -0.4 is 4.74 Å². The number of rotatable bonds is 8. The number of esters is 2. The third kappa shape index (κ3) is 4.16. The molecule has 1 heterocycles. The molecule has 37 heavy (non-hydrogen) atoms. The molecule has 2 amide bonds. The van der Waals surface area contributed by atoms with Crippen LogP contribution in [-0.4, -0.2) is 47.6 Å². The van der Waals surface area contributed by atoms with Gasteiger partial charge in [-0.25, -0.2) is 4.79 Å². The van der Waals surface area contributed by atoms with Crippen LogP contribution in [0.15, 0.2) is 66.7 Å². The van der Waals surface area contributed by atoms with E-state index in [4.69, 9.17) is 9.47 Å². The van der Waals surface area contributed by atoms with E-state index in [0.717, 1.165) is 6.42 Å². The summed E-state index contributed by atoms with van der Waals surface area (Å²) in [6.45, 7) is -0.500. The highest BCUT2D eigenvalue weighted by Gasteiger charge is 2.66. The Morgan fingerprint density at radius 1 is 0.811 bits per heavy atom. The zero-order valence-electron chi connectivity index (χ0n) is 19.9. The first-order chi connectivity index (χ1) is 17.9. The summed E-state index contributed by atoms with van der Waals surface area (Å²) < 4.78 is 10.4. The lowest BCUT2D eigenvalue weighted by Crippen LogP contribution is -2.40. The predicted molar refractivity (Wildman–Crippen MR) is 129 cm³/mol. The predicted octanol–water partition coefficient (Wildman–Crippen LogP) is 3.07. The molecule has 6 atom stereocenters. The molecule has 1 aliphatic heterocycles. The number of allylic oxidation sites excluding steroid dienone is 2. The summed E-state index contributed by atoms with van der Waals surface area (Å²) >= 11 is 0. The molecule has 5 aliphatic rings. The van der Waals surface area contributed by atoms with Crippen LogP contribution in [-0.2, 0) is 19.1 Å². The van der Waals surface area contributed by atoms with Crippen LogP contribution in [0.1, 0.15) is 33.6 Å². The highest BCUT2D eigenvalue weighted by Crippen LogP contribution is 2.65. The lowest BCUT2D eigenvalue weighted by atomic mass is 9.63. The Bertz CT molecular complexity index is 1280. The molecule has 8 heteroatoms. The van der Waals surface area contributed by atoms with Crippen molar-refractivity contribution in [2.75, 3.05) is 13.2 Å². The molecular weight excluding hydrogens is 474 g/mol. The molecule has 7 rings (SSSR count). The van der Waals surface area contributed by atoms with E-state index in [9.17, 15) is 24.0 Å². The SMILES string of the molecule is O=C(CCN1C(=O)C2C3C=CC(C4CC34)C2C1=O)OCC(=O)c1ccc(OC(=O)c2ccccc2)cc1. The summed E-state index contributed by atoms with van der Waals surface area (Å²) in [5.74, 6) is -0.934. The molecule has 0 aromatic heterocycles. The Hall–Kier alpha value is -4.07. The lowest BCUT2D eigenvalue weighted by molar-refractivity contribution is -0.145. The number of benzene rings is 2. The monoisotopic (exact) mass is 499 g/mol. The molecule has 188 valence electrons. The minimum atomic E-state index is -0.652. The fraction of sp³-hybridized carbons (Fsp3) is 0.345. The van der Waals surface area contributed by atoms with Gasteiger partial charge in [0.25, 0.3) is 0 Å². The molecule has 1 saturated heterocycles. The molecule has 2 aromatic rings. The van der Waals surface area contributed by atoms with Crippen LogP contribution in [0.2, 0.25) is 0 Å². The number of Topliss-reactive ketones (excluding diaryl/α,β-unsaturated/α-hetero) is 1. The fourth-order valence-electron chi connectivity index (χ4n) is 6.19. The summed E-state index contributed by atoms with van der Waals surface area (Å²) in [6.07, 6.45) is 5.15. The van der Waals surface area contributed by atoms with Crippen molar-refractivity contribution >= 4 is 29.5 Å². The highest BCUT2D eigenvalue weighted by molar-refractivity contribution is 6.06. The fourth-order valence-corrected chi connectivity index (χ4v) is 6.19. The second kappa shape index (κ2) is 9.10. The van der Waals surface area contributed by atoms with E-state index in [-0.39, 0.29) is 54.2 Å². The van der Waals surface area contributed by atoms with E-state index in [1.807, 2.05) is 0 Å². The molecule has 2 aromatic carbocycles. The van der Waals surface area contributed by atoms with Crippen LogP contribution >= 0.6 is 0 Å². The molecule has 4 aliphatic carbocycles. The van der Waals surface area contributed by atoms with Gasteiger partial charge in [-0.3, -0.25) is 24.1 Å². The average molecular weight is 500 g/mol. The van der Waals surface area contributed by atoms with Crippen molar-refractivity contribution in [3.63, 3.8) is 0 Å². The van der Waals surface area contributed by atoms with Crippen molar-refractivity contribution in [3.8, 4) is 5.75 Å². The summed E-state index contributed by atoms with van der Waals surface area (Å²) in [7, 11) is 0. The van der Waals surface area contributed by atoms with E-state index in [0.29, 0.717) is 23.0 Å². The highest BCUT2D eigenvalue weighted by atomic mass is 16.5. The molecule has 3 fully saturated rings. The van der Waals surface area contributed by atoms with Crippen molar-refractivity contribution < 1.29 is 33.4 Å². The molecule has 0 spiro atoms. The second-order valence-corrected chi connectivity index (χ2v) is 10.1. The minimum Gasteiger partial charge on any atom is -0.457 e. The van der Waals surface area contributed by atoms with Gasteiger partial charge < -0.3 is 9.47 Å². The third-order valence-corrected chi connectivity index (χ3v) is 8.05. The third-order valence-electron chi connectivity index (χ3n) is 8.05. The molecule has 6 unspecified atom stereocenters. The maximum Gasteiger partial charge on any atom is 0.343 e. The number of nitrogens with zero attached hydrogens (tertiary/aromatic N) is 1. The summed E-state index contributed by atoms with van der Waals surface area (Å²) in [6, 6.07) is 14.5. The molecule has 0 radical (unpaired) electrons. The van der Waals surface area contributed by atoms with Crippen molar-refractivity contribution in [1.82, 2.24) is 4.90 Å².